The lowest BCUT2D eigenvalue weighted by Crippen LogP contribution is -2.05. The quantitative estimate of drug-likeness (QED) is 0.184. The lowest BCUT2D eigenvalue weighted by molar-refractivity contribution is 1.01. The largest absolute Gasteiger partial charge is 0.294 e. The van der Waals surface area contributed by atoms with E-state index in [-0.39, 0.29) is 0 Å². The first-order valence-corrected chi connectivity index (χ1v) is 18.3. The Morgan fingerprint density at radius 1 is 0.333 bits per heavy atom. The molecule has 0 amide bonds. The first kappa shape index (κ1) is 29.2. The molecule has 12 rings (SSSR count). The number of hydrogen-bond donors (Lipinski definition) is 0. The highest BCUT2D eigenvalue weighted by Crippen LogP contribution is 2.39. The third kappa shape index (κ3) is 3.99. The Bertz CT molecular complexity index is 3230. The number of pyridine rings is 1. The van der Waals surface area contributed by atoms with Crippen molar-refractivity contribution in [3.8, 4) is 28.5 Å². The number of rotatable bonds is 4. The van der Waals surface area contributed by atoms with Crippen LogP contribution in [0.5, 0.6) is 0 Å². The summed E-state index contributed by atoms with van der Waals surface area (Å²) in [5.41, 5.74) is 11.9. The smallest absolute Gasteiger partial charge is 0.220 e. The predicted octanol–water partition coefficient (Wildman–Crippen LogP) is 11.7. The van der Waals surface area contributed by atoms with Crippen LogP contribution in [0.1, 0.15) is 0 Å². The zero-order valence-electron chi connectivity index (χ0n) is 29.0. The summed E-state index contributed by atoms with van der Waals surface area (Å²) in [4.78, 5) is 10.8. The lowest BCUT2D eigenvalue weighted by Gasteiger charge is -2.17. The SMILES string of the molecule is c1ccc(-n2c3ccccc3n3c4ccccc4nc23)c(-c2cc(-n3c4ccccc4c4ccccc43)nc(-n3c4ccccc4c4ccccc43)c2)c1. The van der Waals surface area contributed by atoms with Gasteiger partial charge < -0.3 is 0 Å². The number of imidazole rings is 2. The van der Waals surface area contributed by atoms with Crippen molar-refractivity contribution in [1.82, 2.24) is 28.1 Å². The minimum atomic E-state index is 0.852. The van der Waals surface area contributed by atoms with Gasteiger partial charge >= 0.3 is 0 Å². The summed E-state index contributed by atoms with van der Waals surface area (Å²) in [6.45, 7) is 0. The van der Waals surface area contributed by atoms with Crippen molar-refractivity contribution >= 4 is 71.5 Å². The summed E-state index contributed by atoms with van der Waals surface area (Å²) in [6, 6.07) is 64.7. The standard InChI is InChI=1S/C48H30N6/c1-7-21-38(53-44-27-13-14-28-45(44)54-43-26-12-6-20-37(43)49-48(53)54)32(15-1)31-29-46(51-39-22-8-2-16-33(39)34-17-3-9-23-40(34)51)50-47(30-31)52-41-24-10-4-18-35(41)36-19-5-11-25-42(36)52/h1-30H. The number of para-hydroxylation sites is 9. The highest BCUT2D eigenvalue weighted by molar-refractivity contribution is 6.10. The van der Waals surface area contributed by atoms with E-state index >= 15 is 0 Å². The average Bonchev–Trinajstić information content (AvgIpc) is 3.96. The van der Waals surface area contributed by atoms with Crippen LogP contribution in [0.2, 0.25) is 0 Å². The van der Waals surface area contributed by atoms with Crippen molar-refractivity contribution in [3.05, 3.63) is 182 Å². The van der Waals surface area contributed by atoms with Crippen molar-refractivity contribution in [2.45, 2.75) is 0 Å². The molecule has 0 bridgehead atoms. The molecule has 0 aliphatic rings. The molecule has 0 aliphatic heterocycles. The molecule has 7 aromatic carbocycles. The number of aromatic nitrogens is 6. The molecule has 5 aromatic heterocycles. The second-order valence-corrected chi connectivity index (χ2v) is 13.9. The second-order valence-electron chi connectivity index (χ2n) is 13.9. The summed E-state index contributed by atoms with van der Waals surface area (Å²) >= 11 is 0. The molecule has 0 saturated carbocycles. The average molecular weight is 691 g/mol. The molecule has 0 unspecified atom stereocenters. The first-order chi connectivity index (χ1) is 26.8. The molecule has 54 heavy (non-hydrogen) atoms. The molecular weight excluding hydrogens is 661 g/mol. The number of benzene rings is 7. The van der Waals surface area contributed by atoms with E-state index in [4.69, 9.17) is 9.97 Å². The molecule has 0 N–H and O–H groups in total. The monoisotopic (exact) mass is 690 g/mol. The molecule has 0 saturated heterocycles. The van der Waals surface area contributed by atoms with E-state index < -0.39 is 0 Å². The van der Waals surface area contributed by atoms with Gasteiger partial charge in [-0.15, -0.1) is 0 Å². The van der Waals surface area contributed by atoms with Gasteiger partial charge in [0.25, 0.3) is 0 Å². The minimum Gasteiger partial charge on any atom is -0.294 e. The predicted molar refractivity (Wildman–Crippen MR) is 221 cm³/mol. The minimum absolute atomic E-state index is 0.852. The van der Waals surface area contributed by atoms with Gasteiger partial charge in [0.2, 0.25) is 5.78 Å². The van der Waals surface area contributed by atoms with E-state index in [1.807, 2.05) is 0 Å². The maximum atomic E-state index is 5.57. The van der Waals surface area contributed by atoms with Gasteiger partial charge in [-0.2, -0.15) is 0 Å². The van der Waals surface area contributed by atoms with Crippen LogP contribution < -0.4 is 0 Å². The summed E-state index contributed by atoms with van der Waals surface area (Å²) in [5.74, 6) is 2.58. The van der Waals surface area contributed by atoms with Gasteiger partial charge in [-0.1, -0.05) is 115 Å². The van der Waals surface area contributed by atoms with Crippen LogP contribution in [0.15, 0.2) is 182 Å². The van der Waals surface area contributed by atoms with Crippen LogP contribution in [0, 0.1) is 0 Å². The van der Waals surface area contributed by atoms with Crippen LogP contribution in [0.25, 0.3) is 99.9 Å². The third-order valence-electron chi connectivity index (χ3n) is 11.0. The molecule has 0 aliphatic carbocycles. The van der Waals surface area contributed by atoms with Gasteiger partial charge in [0.15, 0.2) is 0 Å². The Morgan fingerprint density at radius 2 is 0.759 bits per heavy atom. The van der Waals surface area contributed by atoms with E-state index in [2.05, 4.69) is 200 Å². The summed E-state index contributed by atoms with van der Waals surface area (Å²) in [6.07, 6.45) is 0. The van der Waals surface area contributed by atoms with Crippen LogP contribution in [-0.2, 0) is 0 Å². The van der Waals surface area contributed by atoms with Gasteiger partial charge in [0.05, 0.1) is 49.8 Å². The number of hydrogen-bond acceptors (Lipinski definition) is 2. The Labute approximate surface area is 309 Å². The molecule has 0 fully saturated rings. The Kier molecular flexibility index (Phi) is 5.96. The fraction of sp³-hybridized carbons (Fsp3) is 0. The van der Waals surface area contributed by atoms with Crippen molar-refractivity contribution < 1.29 is 0 Å². The highest BCUT2D eigenvalue weighted by atomic mass is 15.2. The van der Waals surface area contributed by atoms with Gasteiger partial charge in [0.1, 0.15) is 11.6 Å². The number of nitrogens with zero attached hydrogens (tertiary/aromatic N) is 6. The Morgan fingerprint density at radius 3 is 1.31 bits per heavy atom. The third-order valence-corrected chi connectivity index (χ3v) is 11.0. The second kappa shape index (κ2) is 11.0. The van der Waals surface area contributed by atoms with E-state index in [9.17, 15) is 0 Å². The van der Waals surface area contributed by atoms with Crippen LogP contribution in [0.3, 0.4) is 0 Å². The van der Waals surface area contributed by atoms with Gasteiger partial charge in [0, 0.05) is 27.1 Å². The van der Waals surface area contributed by atoms with Crippen LogP contribution in [0.4, 0.5) is 0 Å². The van der Waals surface area contributed by atoms with E-state index in [0.29, 0.717) is 0 Å². The van der Waals surface area contributed by atoms with Crippen molar-refractivity contribution in [2.75, 3.05) is 0 Å². The maximum Gasteiger partial charge on any atom is 0.220 e. The van der Waals surface area contributed by atoms with Crippen molar-refractivity contribution in [2.24, 2.45) is 0 Å². The van der Waals surface area contributed by atoms with Crippen LogP contribution >= 0.6 is 0 Å². The van der Waals surface area contributed by atoms with Gasteiger partial charge in [-0.05, 0) is 72.3 Å². The first-order valence-electron chi connectivity index (χ1n) is 18.3. The van der Waals surface area contributed by atoms with Gasteiger partial charge in [-0.3, -0.25) is 18.1 Å². The molecule has 252 valence electrons. The summed E-state index contributed by atoms with van der Waals surface area (Å²) in [5, 5.41) is 4.80. The van der Waals surface area contributed by atoms with E-state index in [1.165, 1.54) is 21.5 Å². The molecule has 0 spiro atoms. The normalized spacial score (nSPS) is 12.1. The summed E-state index contributed by atoms with van der Waals surface area (Å²) < 4.78 is 9.23. The molecule has 5 heterocycles. The fourth-order valence-corrected chi connectivity index (χ4v) is 8.73. The van der Waals surface area contributed by atoms with Crippen molar-refractivity contribution in [1.29, 1.82) is 0 Å². The fourth-order valence-electron chi connectivity index (χ4n) is 8.73. The molecular formula is C48H30N6. The Hall–Kier alpha value is -7.44. The molecule has 12 aromatic rings. The van der Waals surface area contributed by atoms with E-state index in [1.54, 1.807) is 0 Å². The summed E-state index contributed by atoms with van der Waals surface area (Å²) in [7, 11) is 0. The van der Waals surface area contributed by atoms with E-state index in [0.717, 1.165) is 78.4 Å². The molecule has 6 heteroatoms. The Balaban J connectivity index is 1.21. The van der Waals surface area contributed by atoms with Gasteiger partial charge in [-0.25, -0.2) is 9.97 Å². The zero-order valence-corrected chi connectivity index (χ0v) is 29.0. The highest BCUT2D eigenvalue weighted by Gasteiger charge is 2.22. The number of fused-ring (bicyclic) bond motifs is 11. The topological polar surface area (TPSA) is 45.0 Å². The maximum absolute atomic E-state index is 5.57. The molecule has 6 nitrogen and oxygen atoms in total. The lowest BCUT2D eigenvalue weighted by atomic mass is 10.0. The zero-order chi connectivity index (χ0) is 35.3. The molecule has 0 radical (unpaired) electrons. The molecule has 0 atom stereocenters. The van der Waals surface area contributed by atoms with Crippen LogP contribution in [-0.4, -0.2) is 28.1 Å². The van der Waals surface area contributed by atoms with Crippen molar-refractivity contribution in [3.63, 3.8) is 0 Å².